The molecule has 3 rings (SSSR count). The number of unbranched alkanes of at least 4 members (excludes halogenated alkanes) is 2. The van der Waals surface area contributed by atoms with Crippen molar-refractivity contribution in [2.75, 3.05) is 5.32 Å². The van der Waals surface area contributed by atoms with Gasteiger partial charge in [0.05, 0.1) is 0 Å². The Bertz CT molecular complexity index is 774. The first-order valence-electron chi connectivity index (χ1n) is 8.96. The largest absolute Gasteiger partial charge is 0.356 e. The highest BCUT2D eigenvalue weighted by atomic mass is 79.9. The van der Waals surface area contributed by atoms with Crippen molar-refractivity contribution >= 4 is 27.3 Å². The van der Waals surface area contributed by atoms with Crippen molar-refractivity contribution in [3.8, 4) is 11.1 Å². The van der Waals surface area contributed by atoms with Crippen LogP contribution in [0.15, 0.2) is 77.3 Å². The topological polar surface area (TPSA) is 12.0 Å². The SMILES string of the molecule is CCCCCc1ccc(-c2ccc(Nc3ccc(Br)cc3)cc2)cc1. The molecule has 0 atom stereocenters. The minimum Gasteiger partial charge on any atom is -0.356 e. The van der Waals surface area contributed by atoms with Crippen LogP contribution in [-0.4, -0.2) is 0 Å². The zero-order valence-corrected chi connectivity index (χ0v) is 16.2. The summed E-state index contributed by atoms with van der Waals surface area (Å²) in [4.78, 5) is 0. The van der Waals surface area contributed by atoms with E-state index in [1.807, 2.05) is 12.1 Å². The summed E-state index contributed by atoms with van der Waals surface area (Å²) in [6.07, 6.45) is 5.06. The van der Waals surface area contributed by atoms with Crippen molar-refractivity contribution in [3.63, 3.8) is 0 Å². The molecule has 128 valence electrons. The highest BCUT2D eigenvalue weighted by molar-refractivity contribution is 9.10. The molecule has 1 N–H and O–H groups in total. The third-order valence-electron chi connectivity index (χ3n) is 4.37. The first-order chi connectivity index (χ1) is 12.2. The predicted molar refractivity (Wildman–Crippen MR) is 113 cm³/mol. The molecule has 3 aromatic rings. The molecule has 0 unspecified atom stereocenters. The van der Waals surface area contributed by atoms with E-state index in [1.54, 1.807) is 0 Å². The molecule has 0 saturated carbocycles. The zero-order chi connectivity index (χ0) is 17.5. The van der Waals surface area contributed by atoms with Crippen molar-refractivity contribution in [1.82, 2.24) is 0 Å². The minimum absolute atomic E-state index is 1.09. The Hall–Kier alpha value is -2.06. The molecule has 0 saturated heterocycles. The molecule has 3 aromatic carbocycles. The van der Waals surface area contributed by atoms with Crippen LogP contribution in [0.1, 0.15) is 31.7 Å². The molecule has 0 aromatic heterocycles. The van der Waals surface area contributed by atoms with Crippen LogP contribution in [0.25, 0.3) is 11.1 Å². The van der Waals surface area contributed by atoms with Crippen LogP contribution in [0, 0.1) is 0 Å². The lowest BCUT2D eigenvalue weighted by molar-refractivity contribution is 0.717. The van der Waals surface area contributed by atoms with E-state index in [0.717, 1.165) is 15.8 Å². The van der Waals surface area contributed by atoms with Gasteiger partial charge in [0, 0.05) is 15.8 Å². The third-order valence-corrected chi connectivity index (χ3v) is 4.90. The lowest BCUT2D eigenvalue weighted by Gasteiger charge is -2.09. The fraction of sp³-hybridized carbons (Fsp3) is 0.217. The number of nitrogens with one attached hydrogen (secondary N) is 1. The van der Waals surface area contributed by atoms with Crippen LogP contribution in [-0.2, 0) is 6.42 Å². The molecule has 0 heterocycles. The average molecular weight is 394 g/mol. The molecule has 0 aliphatic heterocycles. The third kappa shape index (κ3) is 5.20. The summed E-state index contributed by atoms with van der Waals surface area (Å²) in [5.41, 5.74) is 6.15. The quantitative estimate of drug-likeness (QED) is 0.407. The van der Waals surface area contributed by atoms with Crippen molar-refractivity contribution in [3.05, 3.63) is 82.8 Å². The van der Waals surface area contributed by atoms with E-state index in [1.165, 1.54) is 42.4 Å². The molecule has 0 fully saturated rings. The molecule has 0 aliphatic rings. The van der Waals surface area contributed by atoms with Crippen LogP contribution in [0.3, 0.4) is 0 Å². The van der Waals surface area contributed by atoms with Crippen molar-refractivity contribution in [2.24, 2.45) is 0 Å². The molecule has 0 bridgehead atoms. The molecule has 25 heavy (non-hydrogen) atoms. The molecule has 0 radical (unpaired) electrons. The molecular weight excluding hydrogens is 370 g/mol. The Morgan fingerprint density at radius 1 is 0.680 bits per heavy atom. The summed E-state index contributed by atoms with van der Waals surface area (Å²) in [7, 11) is 0. The lowest BCUT2D eigenvalue weighted by Crippen LogP contribution is -1.90. The number of hydrogen-bond acceptors (Lipinski definition) is 1. The van der Waals surface area contributed by atoms with E-state index in [0.29, 0.717) is 0 Å². The fourth-order valence-corrected chi connectivity index (χ4v) is 3.15. The number of rotatable bonds is 7. The maximum atomic E-state index is 3.46. The number of benzene rings is 3. The molecular formula is C23H24BrN. The van der Waals surface area contributed by atoms with E-state index >= 15 is 0 Å². The van der Waals surface area contributed by atoms with Crippen LogP contribution in [0.2, 0.25) is 0 Å². The first kappa shape index (κ1) is 17.8. The van der Waals surface area contributed by atoms with Gasteiger partial charge in [-0.15, -0.1) is 0 Å². The van der Waals surface area contributed by atoms with Crippen LogP contribution >= 0.6 is 15.9 Å². The van der Waals surface area contributed by atoms with Crippen LogP contribution in [0.4, 0.5) is 11.4 Å². The second-order valence-corrected chi connectivity index (χ2v) is 7.28. The Kier molecular flexibility index (Phi) is 6.30. The summed E-state index contributed by atoms with van der Waals surface area (Å²) in [6, 6.07) is 25.8. The van der Waals surface area contributed by atoms with Gasteiger partial charge in [-0.3, -0.25) is 0 Å². The van der Waals surface area contributed by atoms with Gasteiger partial charge >= 0.3 is 0 Å². The lowest BCUT2D eigenvalue weighted by atomic mass is 10.0. The highest BCUT2D eigenvalue weighted by Gasteiger charge is 2.00. The maximum Gasteiger partial charge on any atom is 0.0384 e. The van der Waals surface area contributed by atoms with Crippen molar-refractivity contribution < 1.29 is 0 Å². The maximum absolute atomic E-state index is 3.46. The molecule has 0 amide bonds. The Balaban J connectivity index is 1.64. The Labute approximate surface area is 159 Å². The van der Waals surface area contributed by atoms with Gasteiger partial charge in [-0.2, -0.15) is 0 Å². The molecule has 0 aliphatic carbocycles. The highest BCUT2D eigenvalue weighted by Crippen LogP contribution is 2.24. The van der Waals surface area contributed by atoms with Crippen LogP contribution < -0.4 is 5.32 Å². The zero-order valence-electron chi connectivity index (χ0n) is 14.6. The number of anilines is 2. The van der Waals surface area contributed by atoms with Gasteiger partial charge in [0.1, 0.15) is 0 Å². The molecule has 2 heteroatoms. The second-order valence-electron chi connectivity index (χ2n) is 6.36. The summed E-state index contributed by atoms with van der Waals surface area (Å²) >= 11 is 3.46. The summed E-state index contributed by atoms with van der Waals surface area (Å²) in [5.74, 6) is 0. The number of halogens is 1. The van der Waals surface area contributed by atoms with Gasteiger partial charge in [0.15, 0.2) is 0 Å². The number of hydrogen-bond donors (Lipinski definition) is 1. The van der Waals surface area contributed by atoms with Crippen LogP contribution in [0.5, 0.6) is 0 Å². The van der Waals surface area contributed by atoms with E-state index in [4.69, 9.17) is 0 Å². The average Bonchev–Trinajstić information content (AvgIpc) is 2.65. The van der Waals surface area contributed by atoms with Gasteiger partial charge < -0.3 is 5.32 Å². The molecule has 1 nitrogen and oxygen atoms in total. The first-order valence-corrected chi connectivity index (χ1v) is 9.76. The summed E-state index contributed by atoms with van der Waals surface area (Å²) in [6.45, 7) is 2.25. The van der Waals surface area contributed by atoms with E-state index < -0.39 is 0 Å². The van der Waals surface area contributed by atoms with E-state index in [2.05, 4.69) is 88.8 Å². The van der Waals surface area contributed by atoms with E-state index in [-0.39, 0.29) is 0 Å². The van der Waals surface area contributed by atoms with E-state index in [9.17, 15) is 0 Å². The van der Waals surface area contributed by atoms with Gasteiger partial charge in [0.25, 0.3) is 0 Å². The monoisotopic (exact) mass is 393 g/mol. The number of aryl methyl sites for hydroxylation is 1. The minimum atomic E-state index is 1.09. The van der Waals surface area contributed by atoms with Gasteiger partial charge in [-0.05, 0) is 65.9 Å². The van der Waals surface area contributed by atoms with Crippen molar-refractivity contribution in [1.29, 1.82) is 0 Å². The van der Waals surface area contributed by atoms with Crippen molar-refractivity contribution in [2.45, 2.75) is 32.6 Å². The fourth-order valence-electron chi connectivity index (χ4n) is 2.89. The Morgan fingerprint density at radius 2 is 1.20 bits per heavy atom. The smallest absolute Gasteiger partial charge is 0.0384 e. The van der Waals surface area contributed by atoms with Gasteiger partial charge in [0.2, 0.25) is 0 Å². The normalized spacial score (nSPS) is 10.6. The predicted octanol–water partition coefficient (Wildman–Crippen LogP) is 7.59. The standard InChI is InChI=1S/C23H24BrN/c1-2-3-4-5-18-6-8-19(9-7-18)20-10-14-22(15-11-20)25-23-16-12-21(24)13-17-23/h6-17,25H,2-5H2,1H3. The summed E-state index contributed by atoms with van der Waals surface area (Å²) in [5, 5.41) is 3.43. The van der Waals surface area contributed by atoms with Gasteiger partial charge in [-0.25, -0.2) is 0 Å². The van der Waals surface area contributed by atoms with Gasteiger partial charge in [-0.1, -0.05) is 72.1 Å². The molecule has 0 spiro atoms. The summed E-state index contributed by atoms with van der Waals surface area (Å²) < 4.78 is 1.09. The second kappa shape index (κ2) is 8.87. The Morgan fingerprint density at radius 3 is 1.76 bits per heavy atom.